The minimum atomic E-state index is -3.58. The van der Waals surface area contributed by atoms with Gasteiger partial charge in [-0.2, -0.15) is 4.31 Å². The maximum absolute atomic E-state index is 13.1. The third kappa shape index (κ3) is 5.09. The van der Waals surface area contributed by atoms with Crippen LogP contribution in [0.5, 0.6) is 0 Å². The smallest absolute Gasteiger partial charge is 0.257 e. The lowest BCUT2D eigenvalue weighted by atomic mass is 9.94. The number of benzene rings is 2. The predicted octanol–water partition coefficient (Wildman–Crippen LogP) is 5.65. The molecule has 0 radical (unpaired) electrons. The van der Waals surface area contributed by atoms with Crippen LogP contribution in [0, 0.1) is 32.6 Å². The lowest BCUT2D eigenvalue weighted by molar-refractivity contribution is 0.102. The molecule has 180 valence electrons. The zero-order valence-corrected chi connectivity index (χ0v) is 21.9. The van der Waals surface area contributed by atoms with Gasteiger partial charge < -0.3 is 0 Å². The van der Waals surface area contributed by atoms with E-state index in [0.29, 0.717) is 35.6 Å². The van der Waals surface area contributed by atoms with E-state index < -0.39 is 10.0 Å². The fraction of sp³-hybridized carbons (Fsp3) is 0.385. The lowest BCUT2D eigenvalue weighted by Gasteiger charge is -2.34. The highest BCUT2D eigenvalue weighted by atomic mass is 32.2. The molecule has 2 heterocycles. The highest BCUT2D eigenvalue weighted by Crippen LogP contribution is 2.31. The molecule has 2 atom stereocenters. The summed E-state index contributed by atoms with van der Waals surface area (Å²) in [5.41, 5.74) is 5.81. The number of thiazole rings is 1. The summed E-state index contributed by atoms with van der Waals surface area (Å²) in [4.78, 5) is 17.6. The van der Waals surface area contributed by atoms with E-state index >= 15 is 0 Å². The zero-order chi connectivity index (χ0) is 24.6. The normalized spacial score (nSPS) is 19.2. The Hall–Kier alpha value is -2.55. The van der Waals surface area contributed by atoms with E-state index in [9.17, 15) is 13.2 Å². The summed E-state index contributed by atoms with van der Waals surface area (Å²) >= 11 is 1.37. The summed E-state index contributed by atoms with van der Waals surface area (Å²) in [6.45, 7) is 11.4. The van der Waals surface area contributed by atoms with E-state index in [-0.39, 0.29) is 10.8 Å². The van der Waals surface area contributed by atoms with Crippen molar-refractivity contribution in [2.75, 3.05) is 18.4 Å². The van der Waals surface area contributed by atoms with Crippen LogP contribution in [0.25, 0.3) is 11.3 Å². The molecule has 0 saturated carbocycles. The molecule has 1 fully saturated rings. The number of anilines is 1. The van der Waals surface area contributed by atoms with Crippen molar-refractivity contribution in [2.45, 2.75) is 45.9 Å². The Morgan fingerprint density at radius 3 is 2.21 bits per heavy atom. The number of nitrogens with zero attached hydrogens (tertiary/aromatic N) is 2. The van der Waals surface area contributed by atoms with Gasteiger partial charge in [0.2, 0.25) is 10.0 Å². The fourth-order valence-electron chi connectivity index (χ4n) is 4.93. The summed E-state index contributed by atoms with van der Waals surface area (Å²) < 4.78 is 27.7. The van der Waals surface area contributed by atoms with E-state index in [1.165, 1.54) is 29.0 Å². The van der Waals surface area contributed by atoms with Crippen LogP contribution in [0.3, 0.4) is 0 Å². The van der Waals surface area contributed by atoms with Crippen molar-refractivity contribution < 1.29 is 13.2 Å². The number of hydrogen-bond acceptors (Lipinski definition) is 5. The van der Waals surface area contributed by atoms with Gasteiger partial charge in [0.05, 0.1) is 10.6 Å². The van der Waals surface area contributed by atoms with Crippen molar-refractivity contribution in [3.63, 3.8) is 0 Å². The molecule has 2 aromatic carbocycles. The third-order valence-corrected chi connectivity index (χ3v) is 8.85. The molecule has 1 aliphatic heterocycles. The maximum atomic E-state index is 13.1. The Kier molecular flexibility index (Phi) is 6.94. The van der Waals surface area contributed by atoms with Gasteiger partial charge >= 0.3 is 0 Å². The van der Waals surface area contributed by atoms with Crippen molar-refractivity contribution in [2.24, 2.45) is 11.8 Å². The summed E-state index contributed by atoms with van der Waals surface area (Å²) in [5.74, 6) is 0.348. The topological polar surface area (TPSA) is 79.4 Å². The molecule has 1 saturated heterocycles. The van der Waals surface area contributed by atoms with Gasteiger partial charge in [-0.05, 0) is 74.4 Å². The number of nitrogens with one attached hydrogen (secondary N) is 1. The summed E-state index contributed by atoms with van der Waals surface area (Å²) in [6, 6.07) is 10.4. The Morgan fingerprint density at radius 2 is 1.62 bits per heavy atom. The molecule has 0 spiro atoms. The molecule has 1 amide bonds. The van der Waals surface area contributed by atoms with Gasteiger partial charge in [0.15, 0.2) is 5.13 Å². The second kappa shape index (κ2) is 9.60. The highest BCUT2D eigenvalue weighted by Gasteiger charge is 2.31. The van der Waals surface area contributed by atoms with Gasteiger partial charge in [0, 0.05) is 29.6 Å². The van der Waals surface area contributed by atoms with Gasteiger partial charge in [-0.15, -0.1) is 11.3 Å². The molecule has 0 aliphatic carbocycles. The minimum absolute atomic E-state index is 0.215. The summed E-state index contributed by atoms with van der Waals surface area (Å²) in [7, 11) is -3.58. The molecule has 6 nitrogen and oxygen atoms in total. The van der Waals surface area contributed by atoms with Crippen LogP contribution in [0.15, 0.2) is 46.7 Å². The predicted molar refractivity (Wildman–Crippen MR) is 138 cm³/mol. The summed E-state index contributed by atoms with van der Waals surface area (Å²) in [6.07, 6.45) is 1.03. The van der Waals surface area contributed by atoms with Crippen molar-refractivity contribution in [3.8, 4) is 11.3 Å². The standard InChI is InChI=1S/C26H31N3O3S2/c1-16-11-19(4)24(20(5)12-16)23-15-33-26(27-23)28-25(30)21-6-8-22(9-7-21)34(31,32)29-13-17(2)10-18(3)14-29/h6-9,11-12,15,17-18H,10,13-14H2,1-5H3,(H,27,28,30)/t17-,18+. The number of sulfonamides is 1. The Labute approximate surface area is 206 Å². The van der Waals surface area contributed by atoms with E-state index in [4.69, 9.17) is 0 Å². The minimum Gasteiger partial charge on any atom is -0.298 e. The van der Waals surface area contributed by atoms with Gasteiger partial charge in [0.25, 0.3) is 5.91 Å². The molecule has 8 heteroatoms. The Balaban J connectivity index is 1.48. The van der Waals surface area contributed by atoms with Gasteiger partial charge in [0.1, 0.15) is 0 Å². The van der Waals surface area contributed by atoms with Crippen LogP contribution in [0.4, 0.5) is 5.13 Å². The van der Waals surface area contributed by atoms with Crippen LogP contribution < -0.4 is 5.32 Å². The number of aromatic nitrogens is 1. The van der Waals surface area contributed by atoms with E-state index in [1.807, 2.05) is 5.38 Å². The average molecular weight is 498 g/mol. The molecule has 3 aromatic rings. The number of carbonyl (C=O) groups excluding carboxylic acids is 1. The first-order valence-corrected chi connectivity index (χ1v) is 13.8. The van der Waals surface area contributed by atoms with Gasteiger partial charge in [-0.25, -0.2) is 13.4 Å². The summed E-state index contributed by atoms with van der Waals surface area (Å²) in [5, 5.41) is 5.29. The quantitative estimate of drug-likeness (QED) is 0.494. The molecular weight excluding hydrogens is 466 g/mol. The molecule has 1 aromatic heterocycles. The first-order chi connectivity index (χ1) is 16.0. The SMILES string of the molecule is Cc1cc(C)c(-c2csc(NC(=O)c3ccc(S(=O)(=O)N4C[C@H](C)C[C@H](C)C4)cc3)n2)c(C)c1. The molecule has 1 aliphatic rings. The first kappa shape index (κ1) is 24.6. The monoisotopic (exact) mass is 497 g/mol. The molecule has 34 heavy (non-hydrogen) atoms. The Bertz CT molecular complexity index is 1280. The van der Waals surface area contributed by atoms with Crippen molar-refractivity contribution in [3.05, 3.63) is 64.0 Å². The number of piperidine rings is 1. The number of rotatable bonds is 5. The first-order valence-electron chi connectivity index (χ1n) is 11.5. The number of amides is 1. The second-order valence-electron chi connectivity index (χ2n) is 9.56. The third-order valence-electron chi connectivity index (χ3n) is 6.25. The number of carbonyl (C=O) groups is 1. The zero-order valence-electron chi connectivity index (χ0n) is 20.3. The van der Waals surface area contributed by atoms with Crippen molar-refractivity contribution in [1.29, 1.82) is 0 Å². The number of aryl methyl sites for hydroxylation is 3. The van der Waals surface area contributed by atoms with Crippen LogP contribution in [-0.2, 0) is 10.0 Å². The highest BCUT2D eigenvalue weighted by molar-refractivity contribution is 7.89. The van der Waals surface area contributed by atoms with E-state index in [0.717, 1.165) is 28.8 Å². The molecular formula is C26H31N3O3S2. The van der Waals surface area contributed by atoms with Crippen LogP contribution >= 0.6 is 11.3 Å². The average Bonchev–Trinajstić information content (AvgIpc) is 3.20. The van der Waals surface area contributed by atoms with Crippen LogP contribution in [-0.4, -0.2) is 36.7 Å². The maximum Gasteiger partial charge on any atom is 0.257 e. The fourth-order valence-corrected chi connectivity index (χ4v) is 7.30. The molecule has 4 rings (SSSR count). The largest absolute Gasteiger partial charge is 0.298 e. The van der Waals surface area contributed by atoms with E-state index in [1.54, 1.807) is 16.4 Å². The molecule has 0 unspecified atom stereocenters. The van der Waals surface area contributed by atoms with Crippen LogP contribution in [0.2, 0.25) is 0 Å². The molecule has 0 bridgehead atoms. The lowest BCUT2D eigenvalue weighted by Crippen LogP contribution is -2.42. The van der Waals surface area contributed by atoms with Crippen molar-refractivity contribution in [1.82, 2.24) is 9.29 Å². The number of hydrogen-bond donors (Lipinski definition) is 1. The van der Waals surface area contributed by atoms with Crippen molar-refractivity contribution >= 4 is 32.4 Å². The second-order valence-corrected chi connectivity index (χ2v) is 12.4. The Morgan fingerprint density at radius 1 is 1.03 bits per heavy atom. The van der Waals surface area contributed by atoms with Gasteiger partial charge in [-0.1, -0.05) is 31.5 Å². The molecule has 1 N–H and O–H groups in total. The van der Waals surface area contributed by atoms with Gasteiger partial charge in [-0.3, -0.25) is 10.1 Å². The van der Waals surface area contributed by atoms with E-state index in [2.05, 4.69) is 57.1 Å². The van der Waals surface area contributed by atoms with Crippen LogP contribution in [0.1, 0.15) is 47.3 Å².